The van der Waals surface area contributed by atoms with Gasteiger partial charge in [-0.3, -0.25) is 4.79 Å². The highest BCUT2D eigenvalue weighted by Gasteiger charge is 2.05. The predicted octanol–water partition coefficient (Wildman–Crippen LogP) is 3.80. The molecule has 0 aliphatic rings. The van der Waals surface area contributed by atoms with Crippen LogP contribution in [0.2, 0.25) is 0 Å². The van der Waals surface area contributed by atoms with Crippen molar-refractivity contribution in [1.82, 2.24) is 0 Å². The van der Waals surface area contributed by atoms with Gasteiger partial charge in [-0.25, -0.2) is 0 Å². The van der Waals surface area contributed by atoms with Crippen molar-refractivity contribution in [3.05, 3.63) is 65.7 Å². The Morgan fingerprint density at radius 3 is 2.33 bits per heavy atom. The quantitative estimate of drug-likeness (QED) is 0.902. The molecule has 0 spiro atoms. The molecule has 0 heterocycles. The van der Waals surface area contributed by atoms with E-state index in [0.29, 0.717) is 5.56 Å². The minimum atomic E-state index is -0.0723. The fraction of sp³-hybridized carbons (Fsp3) is 0.133. The van der Waals surface area contributed by atoms with Gasteiger partial charge in [-0.15, -0.1) is 0 Å². The summed E-state index contributed by atoms with van der Waals surface area (Å²) >= 11 is 1.77. The third-order valence-electron chi connectivity index (χ3n) is 2.56. The number of rotatable bonds is 4. The molecular formula is C15H15NOS. The SMILES string of the molecule is CSCc1ccc(C(=O)Nc2ccccc2)cc1. The normalized spacial score (nSPS) is 10.1. The minimum Gasteiger partial charge on any atom is -0.322 e. The summed E-state index contributed by atoms with van der Waals surface area (Å²) in [6.45, 7) is 0. The van der Waals surface area contributed by atoms with Crippen LogP contribution in [0.15, 0.2) is 54.6 Å². The number of nitrogens with one attached hydrogen (secondary N) is 1. The molecule has 1 amide bonds. The number of hydrogen-bond acceptors (Lipinski definition) is 2. The van der Waals surface area contributed by atoms with Gasteiger partial charge in [0.25, 0.3) is 5.91 Å². The molecule has 0 fully saturated rings. The van der Waals surface area contributed by atoms with Gasteiger partial charge in [-0.1, -0.05) is 30.3 Å². The third-order valence-corrected chi connectivity index (χ3v) is 3.18. The number of para-hydroxylation sites is 1. The molecule has 0 atom stereocenters. The van der Waals surface area contributed by atoms with Gasteiger partial charge in [0.2, 0.25) is 0 Å². The smallest absolute Gasteiger partial charge is 0.255 e. The van der Waals surface area contributed by atoms with Crippen molar-refractivity contribution in [2.24, 2.45) is 0 Å². The maximum atomic E-state index is 12.0. The number of amides is 1. The first kappa shape index (κ1) is 12.7. The third kappa shape index (κ3) is 3.37. The average Bonchev–Trinajstić information content (AvgIpc) is 2.41. The van der Waals surface area contributed by atoms with Crippen LogP contribution in [-0.4, -0.2) is 12.2 Å². The van der Waals surface area contributed by atoms with Crippen LogP contribution in [0.4, 0.5) is 5.69 Å². The largest absolute Gasteiger partial charge is 0.322 e. The van der Waals surface area contributed by atoms with E-state index in [4.69, 9.17) is 0 Å². The standard InChI is InChI=1S/C15H15NOS/c1-18-11-12-7-9-13(10-8-12)15(17)16-14-5-3-2-4-6-14/h2-10H,11H2,1H3,(H,16,17). The Hall–Kier alpha value is -1.74. The first-order chi connectivity index (χ1) is 8.79. The number of anilines is 1. The molecule has 1 N–H and O–H groups in total. The average molecular weight is 257 g/mol. The van der Waals surface area contributed by atoms with Crippen molar-refractivity contribution in [3.8, 4) is 0 Å². The van der Waals surface area contributed by atoms with Crippen molar-refractivity contribution >= 4 is 23.4 Å². The second-order valence-electron chi connectivity index (χ2n) is 3.95. The summed E-state index contributed by atoms with van der Waals surface area (Å²) in [6, 6.07) is 17.2. The highest BCUT2D eigenvalue weighted by Crippen LogP contribution is 2.12. The number of benzene rings is 2. The molecule has 0 saturated heterocycles. The van der Waals surface area contributed by atoms with E-state index in [1.165, 1.54) is 5.56 Å². The van der Waals surface area contributed by atoms with Crippen LogP contribution in [0, 0.1) is 0 Å². The van der Waals surface area contributed by atoms with Crippen LogP contribution < -0.4 is 5.32 Å². The molecule has 3 heteroatoms. The molecule has 0 aromatic heterocycles. The molecule has 0 unspecified atom stereocenters. The molecule has 0 aliphatic carbocycles. The van der Waals surface area contributed by atoms with Gasteiger partial charge in [0, 0.05) is 17.0 Å². The van der Waals surface area contributed by atoms with Crippen molar-refractivity contribution in [2.75, 3.05) is 11.6 Å². The molecule has 2 aromatic rings. The van der Waals surface area contributed by atoms with E-state index in [1.54, 1.807) is 11.8 Å². The lowest BCUT2D eigenvalue weighted by molar-refractivity contribution is 0.102. The summed E-state index contributed by atoms with van der Waals surface area (Å²) in [7, 11) is 0. The van der Waals surface area contributed by atoms with Gasteiger partial charge in [-0.05, 0) is 36.1 Å². The van der Waals surface area contributed by atoms with Crippen LogP contribution in [-0.2, 0) is 5.75 Å². The second-order valence-corrected chi connectivity index (χ2v) is 4.82. The lowest BCUT2D eigenvalue weighted by Gasteiger charge is -2.05. The molecule has 18 heavy (non-hydrogen) atoms. The molecule has 0 radical (unpaired) electrons. The first-order valence-electron chi connectivity index (χ1n) is 5.74. The summed E-state index contributed by atoms with van der Waals surface area (Å²) in [5, 5.41) is 2.87. The fourth-order valence-corrected chi connectivity index (χ4v) is 2.17. The van der Waals surface area contributed by atoms with E-state index < -0.39 is 0 Å². The monoisotopic (exact) mass is 257 g/mol. The van der Waals surface area contributed by atoms with E-state index >= 15 is 0 Å². The van der Waals surface area contributed by atoms with Gasteiger partial charge in [0.1, 0.15) is 0 Å². The summed E-state index contributed by atoms with van der Waals surface area (Å²) < 4.78 is 0. The molecule has 92 valence electrons. The Morgan fingerprint density at radius 1 is 1.06 bits per heavy atom. The van der Waals surface area contributed by atoms with Crippen LogP contribution in [0.3, 0.4) is 0 Å². The van der Waals surface area contributed by atoms with Crippen molar-refractivity contribution in [1.29, 1.82) is 0 Å². The predicted molar refractivity (Wildman–Crippen MR) is 78.1 cm³/mol. The van der Waals surface area contributed by atoms with E-state index in [9.17, 15) is 4.79 Å². The Morgan fingerprint density at radius 2 is 1.72 bits per heavy atom. The molecule has 2 aromatic carbocycles. The topological polar surface area (TPSA) is 29.1 Å². The summed E-state index contributed by atoms with van der Waals surface area (Å²) in [5.74, 6) is 0.900. The zero-order chi connectivity index (χ0) is 12.8. The van der Waals surface area contributed by atoms with Gasteiger partial charge in [0.15, 0.2) is 0 Å². The van der Waals surface area contributed by atoms with E-state index in [0.717, 1.165) is 11.4 Å². The molecular weight excluding hydrogens is 242 g/mol. The van der Waals surface area contributed by atoms with Gasteiger partial charge in [-0.2, -0.15) is 11.8 Å². The Labute approximate surface area is 111 Å². The Kier molecular flexibility index (Phi) is 4.42. The minimum absolute atomic E-state index is 0.0723. The number of hydrogen-bond donors (Lipinski definition) is 1. The van der Waals surface area contributed by atoms with E-state index in [1.807, 2.05) is 54.6 Å². The summed E-state index contributed by atoms with van der Waals surface area (Å²) in [6.07, 6.45) is 2.07. The molecule has 0 saturated carbocycles. The Bertz CT molecular complexity index is 508. The Balaban J connectivity index is 2.05. The lowest BCUT2D eigenvalue weighted by Crippen LogP contribution is -2.11. The zero-order valence-electron chi connectivity index (χ0n) is 10.2. The van der Waals surface area contributed by atoms with Gasteiger partial charge in [0.05, 0.1) is 0 Å². The molecule has 0 aliphatic heterocycles. The van der Waals surface area contributed by atoms with Crippen LogP contribution >= 0.6 is 11.8 Å². The second kappa shape index (κ2) is 6.26. The van der Waals surface area contributed by atoms with Gasteiger partial charge >= 0.3 is 0 Å². The van der Waals surface area contributed by atoms with Gasteiger partial charge < -0.3 is 5.32 Å². The molecule has 0 bridgehead atoms. The van der Waals surface area contributed by atoms with Crippen molar-refractivity contribution < 1.29 is 4.79 Å². The highest BCUT2D eigenvalue weighted by molar-refractivity contribution is 7.97. The van der Waals surface area contributed by atoms with Crippen LogP contribution in [0.25, 0.3) is 0 Å². The summed E-state index contributed by atoms with van der Waals surface area (Å²) in [4.78, 5) is 12.0. The van der Waals surface area contributed by atoms with E-state index in [-0.39, 0.29) is 5.91 Å². The zero-order valence-corrected chi connectivity index (χ0v) is 11.0. The number of carbonyl (C=O) groups excluding carboxylic acids is 1. The highest BCUT2D eigenvalue weighted by atomic mass is 32.2. The molecule has 2 rings (SSSR count). The maximum absolute atomic E-state index is 12.0. The van der Waals surface area contributed by atoms with Crippen LogP contribution in [0.1, 0.15) is 15.9 Å². The molecule has 2 nitrogen and oxygen atoms in total. The lowest BCUT2D eigenvalue weighted by atomic mass is 10.1. The number of carbonyl (C=O) groups is 1. The summed E-state index contributed by atoms with van der Waals surface area (Å²) in [5.41, 5.74) is 2.73. The van der Waals surface area contributed by atoms with Crippen molar-refractivity contribution in [3.63, 3.8) is 0 Å². The maximum Gasteiger partial charge on any atom is 0.255 e. The number of thioether (sulfide) groups is 1. The van der Waals surface area contributed by atoms with Crippen molar-refractivity contribution in [2.45, 2.75) is 5.75 Å². The van der Waals surface area contributed by atoms with E-state index in [2.05, 4.69) is 11.6 Å². The fourth-order valence-electron chi connectivity index (χ4n) is 1.64. The first-order valence-corrected chi connectivity index (χ1v) is 7.13. The van der Waals surface area contributed by atoms with Crippen LogP contribution in [0.5, 0.6) is 0 Å².